The van der Waals surface area contributed by atoms with Crippen LogP contribution in [-0.2, 0) is 0 Å². The second kappa shape index (κ2) is 5.14. The molecule has 0 aromatic carbocycles. The van der Waals surface area contributed by atoms with Crippen LogP contribution >= 0.6 is 7.92 Å². The van der Waals surface area contributed by atoms with Gasteiger partial charge < -0.3 is 0 Å². The molecule has 0 saturated carbocycles. The molecule has 1 aliphatic heterocycles. The van der Waals surface area contributed by atoms with E-state index in [1.807, 2.05) is 0 Å². The van der Waals surface area contributed by atoms with E-state index in [-0.39, 0.29) is 0 Å². The summed E-state index contributed by atoms with van der Waals surface area (Å²) in [6, 6.07) is 0. The molecule has 1 rings (SSSR count). The van der Waals surface area contributed by atoms with Crippen molar-refractivity contribution in [3.63, 3.8) is 0 Å². The fraction of sp³-hybridized carbons (Fsp3) is 1.00. The van der Waals surface area contributed by atoms with Gasteiger partial charge in [-0.15, -0.1) is 7.92 Å². The Morgan fingerprint density at radius 1 is 1.36 bits per heavy atom. The van der Waals surface area contributed by atoms with Gasteiger partial charge in [0.25, 0.3) is 0 Å². The highest BCUT2D eigenvalue weighted by molar-refractivity contribution is 7.57. The maximum Gasteiger partial charge on any atom is -0.0212 e. The van der Waals surface area contributed by atoms with Gasteiger partial charge in [0, 0.05) is 0 Å². The summed E-state index contributed by atoms with van der Waals surface area (Å²) in [7, 11) is 0.433. The van der Waals surface area contributed by atoms with Gasteiger partial charge in [-0.1, -0.05) is 26.2 Å². The molecule has 0 aromatic rings. The lowest BCUT2D eigenvalue weighted by Crippen LogP contribution is -2.12. The molecule has 1 aliphatic rings. The standard InChI is InChI=1S/C10H21P/c1-3-4-7-10-8-5-6-9-11(10)2/h10H,3-9H2,1-2H3. The first-order valence-corrected chi connectivity index (χ1v) is 7.09. The van der Waals surface area contributed by atoms with Gasteiger partial charge in [-0.2, -0.15) is 0 Å². The summed E-state index contributed by atoms with van der Waals surface area (Å²) >= 11 is 0. The van der Waals surface area contributed by atoms with E-state index in [2.05, 4.69) is 13.6 Å². The lowest BCUT2D eigenvalue weighted by atomic mass is 10.1. The van der Waals surface area contributed by atoms with Crippen LogP contribution in [0.4, 0.5) is 0 Å². The zero-order valence-corrected chi connectivity index (χ0v) is 8.87. The summed E-state index contributed by atoms with van der Waals surface area (Å²) in [6.07, 6.45) is 10.5. The third-order valence-electron chi connectivity index (χ3n) is 2.81. The van der Waals surface area contributed by atoms with Gasteiger partial charge in [0.15, 0.2) is 0 Å². The van der Waals surface area contributed by atoms with Crippen molar-refractivity contribution in [3.05, 3.63) is 0 Å². The molecule has 0 aromatic heterocycles. The van der Waals surface area contributed by atoms with Crippen LogP contribution in [0.15, 0.2) is 0 Å². The Morgan fingerprint density at radius 3 is 2.82 bits per heavy atom. The summed E-state index contributed by atoms with van der Waals surface area (Å²) < 4.78 is 0. The molecule has 1 saturated heterocycles. The molecule has 2 unspecified atom stereocenters. The second-order valence-corrected chi connectivity index (χ2v) is 6.46. The summed E-state index contributed by atoms with van der Waals surface area (Å²) in [5, 5.41) is 0. The summed E-state index contributed by atoms with van der Waals surface area (Å²) in [5.41, 5.74) is 1.14. The Bertz CT molecular complexity index is 101. The number of rotatable bonds is 3. The molecular weight excluding hydrogens is 151 g/mol. The van der Waals surface area contributed by atoms with E-state index in [1.54, 1.807) is 12.6 Å². The van der Waals surface area contributed by atoms with Crippen LogP contribution in [0.25, 0.3) is 0 Å². The minimum Gasteiger partial charge on any atom is -0.107 e. The molecule has 1 heteroatoms. The summed E-state index contributed by atoms with van der Waals surface area (Å²) in [6.45, 7) is 4.82. The molecule has 1 fully saturated rings. The lowest BCUT2D eigenvalue weighted by Gasteiger charge is -2.29. The summed E-state index contributed by atoms with van der Waals surface area (Å²) in [5.74, 6) is 0. The molecule has 11 heavy (non-hydrogen) atoms. The zero-order chi connectivity index (χ0) is 8.10. The van der Waals surface area contributed by atoms with E-state index in [1.165, 1.54) is 32.1 Å². The van der Waals surface area contributed by atoms with Gasteiger partial charge >= 0.3 is 0 Å². The summed E-state index contributed by atoms with van der Waals surface area (Å²) in [4.78, 5) is 0. The SMILES string of the molecule is CCCCC1CCCCP1C. The van der Waals surface area contributed by atoms with Crippen LogP contribution < -0.4 is 0 Å². The van der Waals surface area contributed by atoms with Gasteiger partial charge in [0.05, 0.1) is 0 Å². The third-order valence-corrected chi connectivity index (χ3v) is 5.60. The van der Waals surface area contributed by atoms with E-state index in [9.17, 15) is 0 Å². The predicted molar refractivity (Wildman–Crippen MR) is 54.9 cm³/mol. The molecule has 0 bridgehead atoms. The maximum absolute atomic E-state index is 2.51. The van der Waals surface area contributed by atoms with Crippen molar-refractivity contribution in [2.75, 3.05) is 12.8 Å². The van der Waals surface area contributed by atoms with Gasteiger partial charge in [-0.05, 0) is 37.7 Å². The van der Waals surface area contributed by atoms with E-state index < -0.39 is 0 Å². The number of hydrogen-bond acceptors (Lipinski definition) is 0. The van der Waals surface area contributed by atoms with Crippen LogP contribution in [0.1, 0.15) is 45.4 Å². The number of hydrogen-bond donors (Lipinski definition) is 0. The molecule has 0 aliphatic carbocycles. The maximum atomic E-state index is 2.51. The Hall–Kier alpha value is 0.430. The van der Waals surface area contributed by atoms with E-state index in [0.717, 1.165) is 5.66 Å². The molecule has 0 nitrogen and oxygen atoms in total. The smallest absolute Gasteiger partial charge is 0.0212 e. The molecule has 66 valence electrons. The molecule has 1 heterocycles. The van der Waals surface area contributed by atoms with E-state index in [4.69, 9.17) is 0 Å². The van der Waals surface area contributed by atoms with Crippen molar-refractivity contribution >= 4 is 7.92 Å². The average Bonchev–Trinajstić information content (AvgIpc) is 2.03. The van der Waals surface area contributed by atoms with E-state index in [0.29, 0.717) is 7.92 Å². The number of unbranched alkanes of at least 4 members (excludes halogenated alkanes) is 1. The molecule has 0 N–H and O–H groups in total. The largest absolute Gasteiger partial charge is 0.107 e. The lowest BCUT2D eigenvalue weighted by molar-refractivity contribution is 0.591. The first-order chi connectivity index (χ1) is 5.34. The predicted octanol–water partition coefficient (Wildman–Crippen LogP) is 3.84. The van der Waals surface area contributed by atoms with Crippen molar-refractivity contribution in [2.45, 2.75) is 51.1 Å². The normalized spacial score (nSPS) is 32.2. The Balaban J connectivity index is 2.18. The van der Waals surface area contributed by atoms with Gasteiger partial charge in [0.1, 0.15) is 0 Å². The quantitative estimate of drug-likeness (QED) is 0.567. The Morgan fingerprint density at radius 2 is 2.18 bits per heavy atom. The zero-order valence-electron chi connectivity index (χ0n) is 7.97. The molecule has 0 radical (unpaired) electrons. The molecule has 0 spiro atoms. The Kier molecular flexibility index (Phi) is 4.45. The minimum absolute atomic E-state index is 0.433. The van der Waals surface area contributed by atoms with Gasteiger partial charge in [-0.25, -0.2) is 0 Å². The van der Waals surface area contributed by atoms with Gasteiger partial charge in [0.2, 0.25) is 0 Å². The van der Waals surface area contributed by atoms with Crippen molar-refractivity contribution in [3.8, 4) is 0 Å². The van der Waals surface area contributed by atoms with E-state index >= 15 is 0 Å². The molecular formula is C10H21P. The van der Waals surface area contributed by atoms with Crippen molar-refractivity contribution < 1.29 is 0 Å². The fourth-order valence-electron chi connectivity index (χ4n) is 1.95. The van der Waals surface area contributed by atoms with Crippen molar-refractivity contribution in [1.29, 1.82) is 0 Å². The van der Waals surface area contributed by atoms with Gasteiger partial charge in [-0.3, -0.25) is 0 Å². The average molecular weight is 172 g/mol. The molecule has 2 atom stereocenters. The first kappa shape index (κ1) is 9.52. The van der Waals surface area contributed by atoms with Crippen LogP contribution in [0.3, 0.4) is 0 Å². The monoisotopic (exact) mass is 172 g/mol. The highest BCUT2D eigenvalue weighted by Gasteiger charge is 2.19. The van der Waals surface area contributed by atoms with Crippen molar-refractivity contribution in [2.24, 2.45) is 0 Å². The van der Waals surface area contributed by atoms with Crippen LogP contribution in [0, 0.1) is 0 Å². The molecule has 0 amide bonds. The van der Waals surface area contributed by atoms with Crippen LogP contribution in [0.5, 0.6) is 0 Å². The minimum atomic E-state index is 0.433. The van der Waals surface area contributed by atoms with Crippen LogP contribution in [0.2, 0.25) is 0 Å². The van der Waals surface area contributed by atoms with Crippen LogP contribution in [-0.4, -0.2) is 18.5 Å². The third kappa shape index (κ3) is 3.11. The fourth-order valence-corrected chi connectivity index (χ4v) is 4.28. The van der Waals surface area contributed by atoms with Crippen molar-refractivity contribution in [1.82, 2.24) is 0 Å². The topological polar surface area (TPSA) is 0 Å². The Labute approximate surface area is 72.5 Å². The second-order valence-electron chi connectivity index (χ2n) is 3.77. The highest BCUT2D eigenvalue weighted by Crippen LogP contribution is 2.46. The highest BCUT2D eigenvalue weighted by atomic mass is 31.1. The first-order valence-electron chi connectivity index (χ1n) is 5.05.